The van der Waals surface area contributed by atoms with Crippen LogP contribution < -0.4 is 10.6 Å². The lowest BCUT2D eigenvalue weighted by Gasteiger charge is -2.23. The zero-order valence-electron chi connectivity index (χ0n) is 15.8. The minimum Gasteiger partial charge on any atom is -0.469 e. The Labute approximate surface area is 187 Å². The second kappa shape index (κ2) is 11.2. The molecule has 10 heteroatoms. The second-order valence-corrected chi connectivity index (χ2v) is 9.52. The van der Waals surface area contributed by atoms with Gasteiger partial charge in [-0.3, -0.25) is 0 Å². The molecule has 0 aliphatic carbocycles. The van der Waals surface area contributed by atoms with Crippen molar-refractivity contribution in [3.05, 3.63) is 46.5 Å². The summed E-state index contributed by atoms with van der Waals surface area (Å²) in [6.45, 7) is 2.42. The smallest absolute Gasteiger partial charge is 0.211 e. The normalized spacial score (nSPS) is 18.0. The van der Waals surface area contributed by atoms with Gasteiger partial charge in [-0.25, -0.2) is 13.4 Å². The van der Waals surface area contributed by atoms with Crippen LogP contribution in [0, 0.1) is 0 Å². The van der Waals surface area contributed by atoms with Gasteiger partial charge in [-0.2, -0.15) is 4.31 Å². The highest BCUT2D eigenvalue weighted by atomic mass is 127. The number of sulfonamides is 1. The van der Waals surface area contributed by atoms with Crippen molar-refractivity contribution in [3.63, 3.8) is 0 Å². The Morgan fingerprint density at radius 2 is 2.21 bits per heavy atom. The van der Waals surface area contributed by atoms with Crippen molar-refractivity contribution < 1.29 is 12.8 Å². The molecule has 0 amide bonds. The standard InChI is InChI=1S/C18H26N4O3S2.HI/c1-27(23,24)22-10-2-5-15(22)13-20-18(21-14-17-7-4-12-26-17)19-9-8-16-6-3-11-25-16;/h3-4,6-7,11-12,15H,2,5,8-10,13-14H2,1H3,(H2,19,20,21);1H/t15-;/m1./s1. The van der Waals surface area contributed by atoms with Crippen LogP contribution in [0.25, 0.3) is 0 Å². The molecule has 0 radical (unpaired) electrons. The zero-order valence-corrected chi connectivity index (χ0v) is 19.8. The molecule has 0 saturated carbocycles. The Morgan fingerprint density at radius 1 is 1.36 bits per heavy atom. The lowest BCUT2D eigenvalue weighted by atomic mass is 10.2. The molecular weight excluding hydrogens is 511 g/mol. The molecular formula is C18H27IN4O3S2. The van der Waals surface area contributed by atoms with Gasteiger partial charge in [0.2, 0.25) is 10.0 Å². The van der Waals surface area contributed by atoms with Crippen LogP contribution in [0.3, 0.4) is 0 Å². The summed E-state index contributed by atoms with van der Waals surface area (Å²) >= 11 is 1.67. The summed E-state index contributed by atoms with van der Waals surface area (Å²) in [5, 5.41) is 8.66. The molecule has 156 valence electrons. The first kappa shape index (κ1) is 23.2. The van der Waals surface area contributed by atoms with Crippen molar-refractivity contribution >= 4 is 51.3 Å². The van der Waals surface area contributed by atoms with Gasteiger partial charge in [0.05, 0.1) is 19.1 Å². The van der Waals surface area contributed by atoms with Crippen LogP contribution in [0.1, 0.15) is 23.5 Å². The highest BCUT2D eigenvalue weighted by Gasteiger charge is 2.31. The van der Waals surface area contributed by atoms with E-state index < -0.39 is 10.0 Å². The molecule has 3 heterocycles. The summed E-state index contributed by atoms with van der Waals surface area (Å²) in [5.41, 5.74) is 0. The molecule has 2 aromatic rings. The van der Waals surface area contributed by atoms with Crippen molar-refractivity contribution in [2.24, 2.45) is 4.99 Å². The molecule has 1 fully saturated rings. The molecule has 28 heavy (non-hydrogen) atoms. The van der Waals surface area contributed by atoms with Crippen LogP contribution in [-0.2, 0) is 23.0 Å². The Kier molecular flexibility index (Phi) is 9.25. The van der Waals surface area contributed by atoms with Gasteiger partial charge in [-0.05, 0) is 36.4 Å². The van der Waals surface area contributed by atoms with E-state index in [4.69, 9.17) is 4.42 Å². The van der Waals surface area contributed by atoms with Gasteiger partial charge in [0.1, 0.15) is 5.76 Å². The minimum atomic E-state index is -3.17. The fourth-order valence-corrected chi connectivity index (χ4v) is 4.97. The van der Waals surface area contributed by atoms with Crippen molar-refractivity contribution in [2.75, 3.05) is 25.9 Å². The summed E-state index contributed by atoms with van der Waals surface area (Å²) in [6.07, 6.45) is 5.46. The van der Waals surface area contributed by atoms with E-state index >= 15 is 0 Å². The predicted octanol–water partition coefficient (Wildman–Crippen LogP) is 2.66. The van der Waals surface area contributed by atoms with Crippen LogP contribution in [0.15, 0.2) is 45.3 Å². The van der Waals surface area contributed by atoms with Gasteiger partial charge in [0.25, 0.3) is 0 Å². The molecule has 2 N–H and O–H groups in total. The summed E-state index contributed by atoms with van der Waals surface area (Å²) in [6, 6.07) is 7.85. The van der Waals surface area contributed by atoms with Crippen LogP contribution in [0.2, 0.25) is 0 Å². The SMILES string of the molecule is CS(=O)(=O)N1CCC[C@@H]1CNC(=NCc1cccs1)NCCc1ccco1.I. The molecule has 1 atom stereocenters. The summed E-state index contributed by atoms with van der Waals surface area (Å²) in [4.78, 5) is 5.82. The van der Waals surface area contributed by atoms with Crippen molar-refractivity contribution in [1.29, 1.82) is 0 Å². The zero-order chi connectivity index (χ0) is 19.1. The molecule has 2 aromatic heterocycles. The van der Waals surface area contributed by atoms with E-state index in [2.05, 4.69) is 21.7 Å². The van der Waals surface area contributed by atoms with Crippen LogP contribution in [-0.4, -0.2) is 50.6 Å². The molecule has 0 aromatic carbocycles. The maximum atomic E-state index is 11.9. The number of hydrogen-bond acceptors (Lipinski definition) is 5. The van der Waals surface area contributed by atoms with E-state index in [1.54, 1.807) is 21.9 Å². The highest BCUT2D eigenvalue weighted by molar-refractivity contribution is 14.0. The number of hydrogen-bond donors (Lipinski definition) is 2. The third-order valence-electron chi connectivity index (χ3n) is 4.47. The lowest BCUT2D eigenvalue weighted by Crippen LogP contribution is -2.46. The number of nitrogens with one attached hydrogen (secondary N) is 2. The monoisotopic (exact) mass is 538 g/mol. The first-order valence-electron chi connectivity index (χ1n) is 9.06. The van der Waals surface area contributed by atoms with E-state index in [-0.39, 0.29) is 30.0 Å². The van der Waals surface area contributed by atoms with Gasteiger partial charge < -0.3 is 15.1 Å². The largest absolute Gasteiger partial charge is 0.469 e. The van der Waals surface area contributed by atoms with Crippen LogP contribution in [0.4, 0.5) is 0 Å². The number of thiophene rings is 1. The molecule has 0 spiro atoms. The average Bonchev–Trinajstić information content (AvgIpc) is 3.38. The Bertz CT molecular complexity index is 823. The summed E-state index contributed by atoms with van der Waals surface area (Å²) < 4.78 is 30.8. The quantitative estimate of drug-likeness (QED) is 0.307. The molecule has 1 aliphatic heterocycles. The lowest BCUT2D eigenvalue weighted by molar-refractivity contribution is 0.387. The van der Waals surface area contributed by atoms with Gasteiger partial charge in [-0.1, -0.05) is 6.07 Å². The Hall–Kier alpha value is -1.11. The van der Waals surface area contributed by atoms with E-state index in [1.165, 1.54) is 11.1 Å². The Balaban J connectivity index is 0.00000280. The first-order chi connectivity index (χ1) is 13.0. The van der Waals surface area contributed by atoms with E-state index in [0.29, 0.717) is 32.1 Å². The maximum Gasteiger partial charge on any atom is 0.211 e. The van der Waals surface area contributed by atoms with Crippen LogP contribution >= 0.6 is 35.3 Å². The fraction of sp³-hybridized carbons (Fsp3) is 0.500. The third-order valence-corrected chi connectivity index (χ3v) is 6.67. The van der Waals surface area contributed by atoms with E-state index in [1.807, 2.05) is 23.6 Å². The number of aliphatic imine (C=N–C) groups is 1. The third kappa shape index (κ3) is 7.05. The van der Waals surface area contributed by atoms with E-state index in [0.717, 1.165) is 25.0 Å². The van der Waals surface area contributed by atoms with Gasteiger partial charge in [-0.15, -0.1) is 35.3 Å². The number of rotatable bonds is 8. The number of furan rings is 1. The van der Waals surface area contributed by atoms with Crippen molar-refractivity contribution in [1.82, 2.24) is 14.9 Å². The number of guanidine groups is 1. The minimum absolute atomic E-state index is 0. The Morgan fingerprint density at radius 3 is 2.89 bits per heavy atom. The number of halogens is 1. The number of nitrogens with zero attached hydrogens (tertiary/aromatic N) is 2. The second-order valence-electron chi connectivity index (χ2n) is 6.55. The van der Waals surface area contributed by atoms with Crippen LogP contribution in [0.5, 0.6) is 0 Å². The molecule has 1 aliphatic rings. The molecule has 7 nitrogen and oxygen atoms in total. The van der Waals surface area contributed by atoms with Crippen molar-refractivity contribution in [3.8, 4) is 0 Å². The van der Waals surface area contributed by atoms with Gasteiger partial charge in [0, 0.05) is 37.0 Å². The molecule has 0 bridgehead atoms. The molecule has 3 rings (SSSR count). The van der Waals surface area contributed by atoms with E-state index in [9.17, 15) is 8.42 Å². The topological polar surface area (TPSA) is 86.9 Å². The molecule has 1 saturated heterocycles. The molecule has 0 unspecified atom stereocenters. The fourth-order valence-electron chi connectivity index (χ4n) is 3.16. The summed E-state index contributed by atoms with van der Waals surface area (Å²) in [7, 11) is -3.17. The van der Waals surface area contributed by atoms with Gasteiger partial charge in [0.15, 0.2) is 5.96 Å². The first-order valence-corrected chi connectivity index (χ1v) is 11.8. The highest BCUT2D eigenvalue weighted by Crippen LogP contribution is 2.19. The van der Waals surface area contributed by atoms with Gasteiger partial charge >= 0.3 is 0 Å². The van der Waals surface area contributed by atoms with Crippen molar-refractivity contribution in [2.45, 2.75) is 31.8 Å². The average molecular weight is 538 g/mol. The predicted molar refractivity (Wildman–Crippen MR) is 124 cm³/mol. The summed E-state index contributed by atoms with van der Waals surface area (Å²) in [5.74, 6) is 1.61. The maximum absolute atomic E-state index is 11.9.